The highest BCUT2D eigenvalue weighted by molar-refractivity contribution is 6.07. The van der Waals surface area contributed by atoms with Gasteiger partial charge >= 0.3 is 0 Å². The third-order valence-corrected chi connectivity index (χ3v) is 4.00. The van der Waals surface area contributed by atoms with E-state index in [1.54, 1.807) is 36.4 Å². The molecule has 4 heteroatoms. The lowest BCUT2D eigenvalue weighted by Crippen LogP contribution is -2.25. The molecule has 30 heavy (non-hydrogen) atoms. The largest absolute Gasteiger partial charge is 0.488 e. The van der Waals surface area contributed by atoms with Gasteiger partial charge in [0.1, 0.15) is 22.7 Å². The summed E-state index contributed by atoms with van der Waals surface area (Å²) in [5.74, 6) is 1.32. The molecule has 2 aromatic carbocycles. The van der Waals surface area contributed by atoms with Crippen LogP contribution in [0.3, 0.4) is 0 Å². The van der Waals surface area contributed by atoms with Crippen molar-refractivity contribution >= 4 is 17.5 Å². The summed E-state index contributed by atoms with van der Waals surface area (Å²) in [4.78, 5) is 12.6. The van der Waals surface area contributed by atoms with E-state index in [1.165, 1.54) is 0 Å². The Morgan fingerprint density at radius 3 is 2.07 bits per heavy atom. The smallest absolute Gasteiger partial charge is 0.185 e. The number of carbonyl (C=O) groups excluding carboxylic acids is 1. The van der Waals surface area contributed by atoms with Crippen LogP contribution in [0.1, 0.15) is 63.0 Å². The van der Waals surface area contributed by atoms with Crippen LogP contribution in [0, 0.1) is 0 Å². The van der Waals surface area contributed by atoms with Crippen molar-refractivity contribution in [3.63, 3.8) is 0 Å². The molecule has 2 N–H and O–H groups in total. The monoisotopic (exact) mass is 407 g/mol. The molecule has 2 aromatic rings. The zero-order valence-electron chi connectivity index (χ0n) is 18.9. The lowest BCUT2D eigenvalue weighted by molar-refractivity contribution is 0.104. The molecule has 0 atom stereocenters. The fourth-order valence-corrected chi connectivity index (χ4v) is 2.82. The summed E-state index contributed by atoms with van der Waals surface area (Å²) in [6.45, 7) is 15.8. The maximum atomic E-state index is 12.6. The Bertz CT molecular complexity index is 926. The first-order chi connectivity index (χ1) is 13.9. The van der Waals surface area contributed by atoms with Crippen LogP contribution in [0.2, 0.25) is 0 Å². The summed E-state index contributed by atoms with van der Waals surface area (Å²) in [5.41, 5.74) is 7.96. The number of nitrogens with two attached hydrogens (primary N) is 1. The second-order valence-electron chi connectivity index (χ2n) is 9.24. The van der Waals surface area contributed by atoms with Gasteiger partial charge in [0.25, 0.3) is 0 Å². The predicted octanol–water partition coefficient (Wildman–Crippen LogP) is 6.25. The molecule has 0 heterocycles. The first-order valence-electron chi connectivity index (χ1n) is 10.1. The van der Waals surface area contributed by atoms with E-state index in [0.717, 1.165) is 16.9 Å². The summed E-state index contributed by atoms with van der Waals surface area (Å²) in [6, 6.07) is 10.8. The van der Waals surface area contributed by atoms with E-state index in [9.17, 15) is 4.79 Å². The molecule has 0 aliphatic rings. The maximum absolute atomic E-state index is 12.6. The highest BCUT2D eigenvalue weighted by atomic mass is 16.5. The van der Waals surface area contributed by atoms with Crippen molar-refractivity contribution in [2.75, 3.05) is 5.73 Å². The van der Waals surface area contributed by atoms with Crippen LogP contribution in [0.5, 0.6) is 11.5 Å². The van der Waals surface area contributed by atoms with E-state index in [2.05, 4.69) is 6.58 Å². The standard InChI is InChI=1S/C26H33NO3/c1-8-9-19-16-20(12-15-22(28)18-10-13-21(27)14-11-18)24(30-26(5,6)7)17-23(19)29-25(2,3)4/h8,10-17H,1,9,27H2,2-7H3. The molecule has 0 saturated heterocycles. The van der Waals surface area contributed by atoms with Crippen molar-refractivity contribution in [3.8, 4) is 11.5 Å². The summed E-state index contributed by atoms with van der Waals surface area (Å²) in [6.07, 6.45) is 5.82. The summed E-state index contributed by atoms with van der Waals surface area (Å²) in [5, 5.41) is 0. The first-order valence-corrected chi connectivity index (χ1v) is 10.1. The van der Waals surface area contributed by atoms with Crippen LogP contribution < -0.4 is 15.2 Å². The van der Waals surface area contributed by atoms with E-state index in [-0.39, 0.29) is 11.4 Å². The predicted molar refractivity (Wildman–Crippen MR) is 125 cm³/mol. The number of benzene rings is 2. The Hall–Kier alpha value is -3.01. The number of anilines is 1. The van der Waals surface area contributed by atoms with Gasteiger partial charge in [-0.3, -0.25) is 4.79 Å². The molecule has 0 amide bonds. The number of allylic oxidation sites excluding steroid dienone is 2. The van der Waals surface area contributed by atoms with E-state index in [0.29, 0.717) is 23.4 Å². The minimum absolute atomic E-state index is 0.100. The van der Waals surface area contributed by atoms with Crippen LogP contribution in [-0.2, 0) is 6.42 Å². The number of hydrogen-bond acceptors (Lipinski definition) is 4. The van der Waals surface area contributed by atoms with Gasteiger partial charge in [-0.1, -0.05) is 6.08 Å². The van der Waals surface area contributed by atoms with Crippen molar-refractivity contribution in [1.29, 1.82) is 0 Å². The van der Waals surface area contributed by atoms with Crippen LogP contribution in [0.15, 0.2) is 55.1 Å². The lowest BCUT2D eigenvalue weighted by Gasteiger charge is -2.27. The van der Waals surface area contributed by atoms with Crippen molar-refractivity contribution in [2.24, 2.45) is 0 Å². The summed E-state index contributed by atoms with van der Waals surface area (Å²) < 4.78 is 12.4. The van der Waals surface area contributed by atoms with Crippen molar-refractivity contribution < 1.29 is 14.3 Å². The second-order valence-corrected chi connectivity index (χ2v) is 9.24. The Balaban J connectivity index is 2.48. The lowest BCUT2D eigenvalue weighted by atomic mass is 10.0. The van der Waals surface area contributed by atoms with Crippen LogP contribution >= 0.6 is 0 Å². The van der Waals surface area contributed by atoms with Crippen LogP contribution in [-0.4, -0.2) is 17.0 Å². The van der Waals surface area contributed by atoms with Gasteiger partial charge in [0.05, 0.1) is 0 Å². The number of rotatable bonds is 7. The minimum atomic E-state index is -0.400. The van der Waals surface area contributed by atoms with E-state index in [4.69, 9.17) is 15.2 Å². The number of ketones is 1. The Labute approximate surface area is 180 Å². The van der Waals surface area contributed by atoms with Crippen LogP contribution in [0.25, 0.3) is 6.08 Å². The third kappa shape index (κ3) is 7.11. The number of carbonyl (C=O) groups is 1. The van der Waals surface area contributed by atoms with Crippen molar-refractivity contribution in [2.45, 2.75) is 59.2 Å². The fraction of sp³-hybridized carbons (Fsp3) is 0.346. The van der Waals surface area contributed by atoms with Crippen LogP contribution in [0.4, 0.5) is 5.69 Å². The molecule has 0 unspecified atom stereocenters. The highest BCUT2D eigenvalue weighted by Gasteiger charge is 2.20. The molecule has 0 radical (unpaired) electrons. The highest BCUT2D eigenvalue weighted by Crippen LogP contribution is 2.35. The zero-order valence-corrected chi connectivity index (χ0v) is 18.9. The van der Waals surface area contributed by atoms with Gasteiger partial charge in [0, 0.05) is 22.9 Å². The van der Waals surface area contributed by atoms with E-state index in [1.807, 2.05) is 59.8 Å². The molecule has 0 spiro atoms. The number of ether oxygens (including phenoxy) is 2. The molecule has 0 fully saturated rings. The van der Waals surface area contributed by atoms with Gasteiger partial charge in [0.2, 0.25) is 0 Å². The van der Waals surface area contributed by atoms with Gasteiger partial charge < -0.3 is 15.2 Å². The topological polar surface area (TPSA) is 61.6 Å². The Morgan fingerprint density at radius 2 is 1.53 bits per heavy atom. The maximum Gasteiger partial charge on any atom is 0.185 e. The number of nitrogen functional groups attached to an aromatic ring is 1. The summed E-state index contributed by atoms with van der Waals surface area (Å²) in [7, 11) is 0. The Morgan fingerprint density at radius 1 is 0.967 bits per heavy atom. The van der Waals surface area contributed by atoms with E-state index < -0.39 is 5.60 Å². The molecule has 160 valence electrons. The Kier molecular flexibility index (Phi) is 7.14. The normalized spacial score (nSPS) is 12.1. The third-order valence-electron chi connectivity index (χ3n) is 4.00. The fourth-order valence-electron chi connectivity index (χ4n) is 2.82. The molecule has 0 saturated carbocycles. The quantitative estimate of drug-likeness (QED) is 0.255. The zero-order chi connectivity index (χ0) is 22.5. The molecule has 4 nitrogen and oxygen atoms in total. The van der Waals surface area contributed by atoms with Crippen molar-refractivity contribution in [1.82, 2.24) is 0 Å². The van der Waals surface area contributed by atoms with Gasteiger partial charge in [0.15, 0.2) is 5.78 Å². The molecule has 2 rings (SSSR count). The molecule has 0 aromatic heterocycles. The molecule has 0 aliphatic carbocycles. The minimum Gasteiger partial charge on any atom is -0.488 e. The second kappa shape index (κ2) is 9.21. The average molecular weight is 408 g/mol. The molecule has 0 aliphatic heterocycles. The van der Waals surface area contributed by atoms with Gasteiger partial charge in [-0.2, -0.15) is 0 Å². The molecule has 0 bridgehead atoms. The number of hydrogen-bond donors (Lipinski definition) is 1. The molecular formula is C26H33NO3. The molecular weight excluding hydrogens is 374 g/mol. The van der Waals surface area contributed by atoms with Gasteiger partial charge in [-0.05, 0) is 96.0 Å². The summed E-state index contributed by atoms with van der Waals surface area (Å²) >= 11 is 0. The SMILES string of the molecule is C=CCc1cc(C=CC(=O)c2ccc(N)cc2)c(OC(C)(C)C)cc1OC(C)(C)C. The average Bonchev–Trinajstić information content (AvgIpc) is 2.60. The van der Waals surface area contributed by atoms with Gasteiger partial charge in [-0.25, -0.2) is 0 Å². The first kappa shape index (κ1) is 23.3. The van der Waals surface area contributed by atoms with E-state index >= 15 is 0 Å². The van der Waals surface area contributed by atoms with Crippen molar-refractivity contribution in [3.05, 3.63) is 71.8 Å². The van der Waals surface area contributed by atoms with Gasteiger partial charge in [-0.15, -0.1) is 6.58 Å².